The summed E-state index contributed by atoms with van der Waals surface area (Å²) in [5.74, 6) is 1.23. The number of ether oxygens (including phenoxy) is 2. The van der Waals surface area contributed by atoms with Gasteiger partial charge in [0.2, 0.25) is 5.95 Å². The number of nitrogens with zero attached hydrogens (tertiary/aromatic N) is 3. The number of aromatic nitrogens is 2. The number of piperidine rings is 2. The predicted octanol–water partition coefficient (Wildman–Crippen LogP) is 4.93. The first kappa shape index (κ1) is 23.4. The Hall–Kier alpha value is -2.75. The molecular weight excluding hydrogens is 435 g/mol. The van der Waals surface area contributed by atoms with E-state index in [1.807, 2.05) is 0 Å². The monoisotopic (exact) mass is 465 g/mol. The van der Waals surface area contributed by atoms with Gasteiger partial charge in [-0.15, -0.1) is 0 Å². The molecule has 0 saturated carbocycles. The van der Waals surface area contributed by atoms with E-state index in [0.29, 0.717) is 35.7 Å². The molecule has 2 aliphatic rings. The van der Waals surface area contributed by atoms with Crippen LogP contribution in [-0.4, -0.2) is 54.8 Å². The molecule has 2 N–H and O–H groups in total. The first-order chi connectivity index (χ1) is 15.9. The predicted molar refractivity (Wildman–Crippen MR) is 120 cm³/mol. The minimum Gasteiger partial charge on any atom is -0.497 e. The minimum atomic E-state index is -4.55. The van der Waals surface area contributed by atoms with Crippen LogP contribution in [0.5, 0.6) is 11.5 Å². The minimum absolute atomic E-state index is 0.0590. The second-order valence-electron chi connectivity index (χ2n) is 8.56. The molecule has 0 unspecified atom stereocenters. The van der Waals surface area contributed by atoms with Crippen molar-refractivity contribution in [3.05, 3.63) is 30.0 Å². The number of alkyl halides is 3. The van der Waals surface area contributed by atoms with Crippen LogP contribution in [-0.2, 0) is 6.18 Å². The fourth-order valence-corrected chi connectivity index (χ4v) is 4.84. The van der Waals surface area contributed by atoms with Crippen LogP contribution in [0.15, 0.2) is 24.4 Å². The van der Waals surface area contributed by atoms with E-state index in [9.17, 15) is 13.2 Å². The lowest BCUT2D eigenvalue weighted by Gasteiger charge is -2.44. The zero-order valence-electron chi connectivity index (χ0n) is 18.9. The van der Waals surface area contributed by atoms with Crippen molar-refractivity contribution in [1.29, 1.82) is 0 Å². The van der Waals surface area contributed by atoms with Crippen LogP contribution < -0.4 is 20.1 Å². The smallest absolute Gasteiger partial charge is 0.421 e. The Bertz CT molecular complexity index is 932. The van der Waals surface area contributed by atoms with E-state index in [1.165, 1.54) is 27.1 Å². The Morgan fingerprint density at radius 1 is 1.03 bits per heavy atom. The summed E-state index contributed by atoms with van der Waals surface area (Å²) in [6.45, 7) is 2.62. The molecule has 7 nitrogen and oxygen atoms in total. The van der Waals surface area contributed by atoms with Gasteiger partial charge >= 0.3 is 6.18 Å². The van der Waals surface area contributed by atoms with Gasteiger partial charge in [0.25, 0.3) is 0 Å². The van der Waals surface area contributed by atoms with Crippen LogP contribution in [0.3, 0.4) is 0 Å². The van der Waals surface area contributed by atoms with Gasteiger partial charge in [0, 0.05) is 42.7 Å². The number of nitrogens with one attached hydrogen (secondary N) is 2. The maximum absolute atomic E-state index is 13.7. The van der Waals surface area contributed by atoms with Gasteiger partial charge in [0.05, 0.1) is 14.2 Å². The quantitative estimate of drug-likeness (QED) is 0.601. The van der Waals surface area contributed by atoms with E-state index in [0.717, 1.165) is 38.5 Å². The molecule has 2 atom stereocenters. The second kappa shape index (κ2) is 10.0. The number of anilines is 3. The van der Waals surface area contributed by atoms with Crippen LogP contribution in [0.4, 0.5) is 30.6 Å². The van der Waals surface area contributed by atoms with Gasteiger partial charge < -0.3 is 25.0 Å². The first-order valence-electron chi connectivity index (χ1n) is 11.3. The molecule has 0 spiro atoms. The molecule has 2 aliphatic heterocycles. The number of methoxy groups -OCH3 is 2. The number of halogens is 3. The summed E-state index contributed by atoms with van der Waals surface area (Å²) >= 11 is 0. The Labute approximate surface area is 191 Å². The van der Waals surface area contributed by atoms with Gasteiger partial charge in [-0.25, -0.2) is 4.98 Å². The fraction of sp³-hybridized carbons (Fsp3) is 0.565. The summed E-state index contributed by atoms with van der Waals surface area (Å²) < 4.78 is 51.5. The van der Waals surface area contributed by atoms with E-state index >= 15 is 0 Å². The Morgan fingerprint density at radius 2 is 1.76 bits per heavy atom. The molecule has 1 aromatic carbocycles. The largest absolute Gasteiger partial charge is 0.497 e. The normalized spacial score (nSPS) is 21.2. The third-order valence-electron chi connectivity index (χ3n) is 6.46. The van der Waals surface area contributed by atoms with Crippen molar-refractivity contribution in [2.45, 2.75) is 44.3 Å². The molecule has 3 heterocycles. The highest BCUT2D eigenvalue weighted by atomic mass is 19.4. The van der Waals surface area contributed by atoms with E-state index in [2.05, 4.69) is 25.5 Å². The van der Waals surface area contributed by atoms with E-state index in [1.54, 1.807) is 18.2 Å². The van der Waals surface area contributed by atoms with Crippen LogP contribution in [0.2, 0.25) is 0 Å². The van der Waals surface area contributed by atoms with Crippen LogP contribution in [0, 0.1) is 5.92 Å². The summed E-state index contributed by atoms with van der Waals surface area (Å²) in [7, 11) is 3.04. The molecule has 2 fully saturated rings. The highest BCUT2D eigenvalue weighted by Gasteiger charge is 2.37. The van der Waals surface area contributed by atoms with E-state index in [-0.39, 0.29) is 11.8 Å². The summed E-state index contributed by atoms with van der Waals surface area (Å²) in [6.07, 6.45) is 1.83. The lowest BCUT2D eigenvalue weighted by molar-refractivity contribution is -0.137. The van der Waals surface area contributed by atoms with Gasteiger partial charge in [-0.2, -0.15) is 18.2 Å². The molecule has 0 bridgehead atoms. The van der Waals surface area contributed by atoms with Crippen LogP contribution in [0.25, 0.3) is 0 Å². The fourth-order valence-electron chi connectivity index (χ4n) is 4.84. The molecule has 180 valence electrons. The van der Waals surface area contributed by atoms with Crippen molar-refractivity contribution >= 4 is 17.5 Å². The lowest BCUT2D eigenvalue weighted by atomic mass is 9.83. The molecule has 4 rings (SSSR count). The van der Waals surface area contributed by atoms with E-state index in [4.69, 9.17) is 9.47 Å². The summed E-state index contributed by atoms with van der Waals surface area (Å²) in [5, 5.41) is 5.96. The van der Waals surface area contributed by atoms with Crippen molar-refractivity contribution in [3.63, 3.8) is 0 Å². The zero-order valence-corrected chi connectivity index (χ0v) is 18.9. The SMILES string of the molecule is COc1cc(Nc2ncc(C(F)(F)F)c(NC[C@@H]3CCCN4CCCC[C@H]34)n2)cc(OC)c1. The molecule has 10 heteroatoms. The number of rotatable bonds is 7. The maximum Gasteiger partial charge on any atom is 0.421 e. The van der Waals surface area contributed by atoms with Gasteiger partial charge in [-0.1, -0.05) is 6.42 Å². The molecule has 0 radical (unpaired) electrons. The maximum atomic E-state index is 13.7. The summed E-state index contributed by atoms with van der Waals surface area (Å²) in [5.41, 5.74) is -0.324. The van der Waals surface area contributed by atoms with Crippen molar-refractivity contribution in [3.8, 4) is 11.5 Å². The topological polar surface area (TPSA) is 71.5 Å². The molecule has 1 aromatic heterocycles. The standard InChI is InChI=1S/C23H30F3N5O2/c1-32-17-10-16(11-18(12-17)33-2)29-22-28-14-19(23(24,25)26)21(30-22)27-13-15-6-5-9-31-8-4-3-7-20(15)31/h10-12,14-15,20H,3-9,13H2,1-2H3,(H2,27,28,29,30)/t15-,20+/m0/s1. The van der Waals surface area contributed by atoms with Gasteiger partial charge in [0.15, 0.2) is 0 Å². The lowest BCUT2D eigenvalue weighted by Crippen LogP contribution is -2.49. The van der Waals surface area contributed by atoms with Crippen molar-refractivity contribution < 1.29 is 22.6 Å². The van der Waals surface area contributed by atoms with E-state index < -0.39 is 11.7 Å². The van der Waals surface area contributed by atoms with Crippen molar-refractivity contribution in [2.24, 2.45) is 5.92 Å². The number of hydrogen-bond acceptors (Lipinski definition) is 7. The molecule has 33 heavy (non-hydrogen) atoms. The average molecular weight is 466 g/mol. The Kier molecular flexibility index (Phi) is 7.11. The average Bonchev–Trinajstić information content (AvgIpc) is 2.81. The third-order valence-corrected chi connectivity index (χ3v) is 6.46. The van der Waals surface area contributed by atoms with Gasteiger partial charge in [0.1, 0.15) is 22.9 Å². The summed E-state index contributed by atoms with van der Waals surface area (Å²) in [6, 6.07) is 5.51. The van der Waals surface area contributed by atoms with Crippen LogP contribution >= 0.6 is 0 Å². The molecule has 0 aliphatic carbocycles. The van der Waals surface area contributed by atoms with Gasteiger partial charge in [-0.05, 0) is 44.7 Å². The summed E-state index contributed by atoms with van der Waals surface area (Å²) in [4.78, 5) is 10.6. The molecular formula is C23H30F3N5O2. The van der Waals surface area contributed by atoms with Crippen LogP contribution in [0.1, 0.15) is 37.7 Å². The van der Waals surface area contributed by atoms with Gasteiger partial charge in [-0.3, -0.25) is 0 Å². The second-order valence-corrected chi connectivity index (χ2v) is 8.56. The van der Waals surface area contributed by atoms with Crippen molar-refractivity contribution in [1.82, 2.24) is 14.9 Å². The highest BCUT2D eigenvalue weighted by Crippen LogP contribution is 2.36. The molecule has 2 aromatic rings. The molecule has 2 saturated heterocycles. The van der Waals surface area contributed by atoms with Crippen molar-refractivity contribution in [2.75, 3.05) is 44.5 Å². The third kappa shape index (κ3) is 5.61. The number of benzene rings is 1. The molecule has 0 amide bonds. The Morgan fingerprint density at radius 3 is 2.45 bits per heavy atom. The Balaban J connectivity index is 1.54. The zero-order chi connectivity index (χ0) is 23.4. The number of hydrogen-bond donors (Lipinski definition) is 2. The first-order valence-corrected chi connectivity index (χ1v) is 11.3. The highest BCUT2D eigenvalue weighted by molar-refractivity contribution is 5.61. The number of fused-ring (bicyclic) bond motifs is 1.